The Kier molecular flexibility index (Phi) is 4.90. The molecule has 6 heteroatoms. The molecule has 0 aliphatic carbocycles. The van der Waals surface area contributed by atoms with E-state index in [1.165, 1.54) is 0 Å². The Morgan fingerprint density at radius 1 is 1.27 bits per heavy atom. The van der Waals surface area contributed by atoms with Crippen molar-refractivity contribution in [3.05, 3.63) is 23.4 Å². The highest BCUT2D eigenvalue weighted by Gasteiger charge is 2.26. The highest BCUT2D eigenvalue weighted by Crippen LogP contribution is 2.20. The SMILES string of the molecule is Cc1ccc(CN)c(N2CCN(C(=O)OC(C)(C)C)CC2)n1. The molecule has 1 amide bonds. The lowest BCUT2D eigenvalue weighted by molar-refractivity contribution is 0.0240. The summed E-state index contributed by atoms with van der Waals surface area (Å²) in [6, 6.07) is 4.00. The Balaban J connectivity index is 2.00. The first kappa shape index (κ1) is 16.5. The maximum absolute atomic E-state index is 12.1. The molecule has 1 saturated heterocycles. The van der Waals surface area contributed by atoms with E-state index in [0.29, 0.717) is 19.6 Å². The van der Waals surface area contributed by atoms with Crippen LogP contribution in [-0.4, -0.2) is 47.8 Å². The number of carbonyl (C=O) groups is 1. The van der Waals surface area contributed by atoms with E-state index in [-0.39, 0.29) is 6.09 Å². The van der Waals surface area contributed by atoms with E-state index >= 15 is 0 Å². The van der Waals surface area contributed by atoms with Crippen molar-refractivity contribution in [1.82, 2.24) is 9.88 Å². The maximum atomic E-state index is 12.1. The van der Waals surface area contributed by atoms with E-state index in [9.17, 15) is 4.79 Å². The summed E-state index contributed by atoms with van der Waals surface area (Å²) < 4.78 is 5.41. The van der Waals surface area contributed by atoms with Crippen LogP contribution in [0.4, 0.5) is 10.6 Å². The Bertz CT molecular complexity index is 531. The molecule has 0 aromatic carbocycles. The van der Waals surface area contributed by atoms with Gasteiger partial charge in [-0.3, -0.25) is 0 Å². The summed E-state index contributed by atoms with van der Waals surface area (Å²) in [4.78, 5) is 20.6. The van der Waals surface area contributed by atoms with Crippen molar-refractivity contribution in [3.8, 4) is 0 Å². The van der Waals surface area contributed by atoms with Crippen molar-refractivity contribution < 1.29 is 9.53 Å². The van der Waals surface area contributed by atoms with Gasteiger partial charge in [0.25, 0.3) is 0 Å². The van der Waals surface area contributed by atoms with Crippen LogP contribution in [0, 0.1) is 6.92 Å². The number of ether oxygens (including phenoxy) is 1. The van der Waals surface area contributed by atoms with Gasteiger partial charge in [0, 0.05) is 44.0 Å². The van der Waals surface area contributed by atoms with Gasteiger partial charge in [-0.1, -0.05) is 6.07 Å². The van der Waals surface area contributed by atoms with Crippen LogP contribution in [0.25, 0.3) is 0 Å². The summed E-state index contributed by atoms with van der Waals surface area (Å²) >= 11 is 0. The number of hydrogen-bond donors (Lipinski definition) is 1. The van der Waals surface area contributed by atoms with E-state index in [0.717, 1.165) is 30.2 Å². The quantitative estimate of drug-likeness (QED) is 0.903. The average molecular weight is 306 g/mol. The van der Waals surface area contributed by atoms with Gasteiger partial charge in [-0.2, -0.15) is 0 Å². The number of nitrogens with zero attached hydrogens (tertiary/aromatic N) is 3. The van der Waals surface area contributed by atoms with E-state index in [4.69, 9.17) is 10.5 Å². The second-order valence-corrected chi connectivity index (χ2v) is 6.59. The number of aromatic nitrogens is 1. The van der Waals surface area contributed by atoms with Crippen molar-refractivity contribution >= 4 is 11.9 Å². The number of pyridine rings is 1. The Morgan fingerprint density at radius 2 is 1.91 bits per heavy atom. The van der Waals surface area contributed by atoms with Gasteiger partial charge in [0.15, 0.2) is 0 Å². The molecule has 1 aliphatic heterocycles. The lowest BCUT2D eigenvalue weighted by Gasteiger charge is -2.36. The van der Waals surface area contributed by atoms with Gasteiger partial charge in [-0.25, -0.2) is 9.78 Å². The number of aryl methyl sites for hydroxylation is 1. The van der Waals surface area contributed by atoms with Crippen molar-refractivity contribution in [3.63, 3.8) is 0 Å². The van der Waals surface area contributed by atoms with E-state index in [1.807, 2.05) is 39.8 Å². The fourth-order valence-corrected chi connectivity index (χ4v) is 2.43. The molecule has 0 spiro atoms. The van der Waals surface area contributed by atoms with Crippen molar-refractivity contribution in [2.75, 3.05) is 31.1 Å². The maximum Gasteiger partial charge on any atom is 0.410 e. The first-order valence-electron chi connectivity index (χ1n) is 7.69. The van der Waals surface area contributed by atoms with Crippen LogP contribution in [-0.2, 0) is 11.3 Å². The normalized spacial score (nSPS) is 15.9. The molecule has 0 unspecified atom stereocenters. The minimum Gasteiger partial charge on any atom is -0.444 e. The van der Waals surface area contributed by atoms with Crippen LogP contribution in [0.5, 0.6) is 0 Å². The minimum atomic E-state index is -0.459. The molecule has 6 nitrogen and oxygen atoms in total. The zero-order chi connectivity index (χ0) is 16.3. The van der Waals surface area contributed by atoms with Gasteiger partial charge in [0.1, 0.15) is 11.4 Å². The Hall–Kier alpha value is -1.82. The number of amides is 1. The smallest absolute Gasteiger partial charge is 0.410 e. The number of rotatable bonds is 2. The molecular formula is C16H26N4O2. The molecule has 1 aromatic rings. The zero-order valence-corrected chi connectivity index (χ0v) is 13.9. The lowest BCUT2D eigenvalue weighted by Crippen LogP contribution is -2.50. The standard InChI is InChI=1S/C16H26N4O2/c1-12-5-6-13(11-17)14(18-12)19-7-9-20(10-8-19)15(21)22-16(2,3)4/h5-6H,7-11,17H2,1-4H3. The predicted molar refractivity (Wildman–Crippen MR) is 86.9 cm³/mol. The number of anilines is 1. The monoisotopic (exact) mass is 306 g/mol. The van der Waals surface area contributed by atoms with Crippen LogP contribution >= 0.6 is 0 Å². The third-order valence-corrected chi connectivity index (χ3v) is 3.55. The van der Waals surface area contributed by atoms with Crippen LogP contribution in [0.1, 0.15) is 32.0 Å². The number of nitrogens with two attached hydrogens (primary N) is 1. The van der Waals surface area contributed by atoms with Crippen molar-refractivity contribution in [1.29, 1.82) is 0 Å². The highest BCUT2D eigenvalue weighted by molar-refractivity contribution is 5.68. The highest BCUT2D eigenvalue weighted by atomic mass is 16.6. The van der Waals surface area contributed by atoms with Gasteiger partial charge in [0.05, 0.1) is 0 Å². The van der Waals surface area contributed by atoms with Crippen LogP contribution in [0.15, 0.2) is 12.1 Å². The fourth-order valence-electron chi connectivity index (χ4n) is 2.43. The Morgan fingerprint density at radius 3 is 2.45 bits per heavy atom. The molecule has 2 N–H and O–H groups in total. The molecule has 1 aromatic heterocycles. The first-order chi connectivity index (χ1) is 10.3. The van der Waals surface area contributed by atoms with E-state index < -0.39 is 5.60 Å². The molecule has 2 heterocycles. The summed E-state index contributed by atoms with van der Waals surface area (Å²) in [5, 5.41) is 0. The second-order valence-electron chi connectivity index (χ2n) is 6.59. The third-order valence-electron chi connectivity index (χ3n) is 3.55. The summed E-state index contributed by atoms with van der Waals surface area (Å²) in [5.74, 6) is 0.936. The summed E-state index contributed by atoms with van der Waals surface area (Å²) in [5.41, 5.74) is 7.35. The van der Waals surface area contributed by atoms with Crippen LogP contribution in [0.3, 0.4) is 0 Å². The van der Waals surface area contributed by atoms with Gasteiger partial charge in [-0.15, -0.1) is 0 Å². The van der Waals surface area contributed by atoms with Gasteiger partial charge in [0.2, 0.25) is 0 Å². The van der Waals surface area contributed by atoms with E-state index in [2.05, 4.69) is 9.88 Å². The van der Waals surface area contributed by atoms with Crippen LogP contribution in [0.2, 0.25) is 0 Å². The minimum absolute atomic E-state index is 0.247. The largest absolute Gasteiger partial charge is 0.444 e. The van der Waals surface area contributed by atoms with Gasteiger partial charge < -0.3 is 20.3 Å². The second kappa shape index (κ2) is 6.52. The van der Waals surface area contributed by atoms with Crippen molar-refractivity contribution in [2.24, 2.45) is 5.73 Å². The molecule has 122 valence electrons. The predicted octanol–water partition coefficient (Wildman–Crippen LogP) is 1.91. The topological polar surface area (TPSA) is 71.7 Å². The van der Waals surface area contributed by atoms with Gasteiger partial charge in [-0.05, 0) is 33.8 Å². The first-order valence-corrected chi connectivity index (χ1v) is 7.69. The zero-order valence-electron chi connectivity index (χ0n) is 13.9. The molecule has 1 aliphatic rings. The van der Waals surface area contributed by atoms with Gasteiger partial charge >= 0.3 is 6.09 Å². The lowest BCUT2D eigenvalue weighted by atomic mass is 10.2. The molecule has 2 rings (SSSR count). The molecule has 1 fully saturated rings. The molecule has 22 heavy (non-hydrogen) atoms. The fraction of sp³-hybridized carbons (Fsp3) is 0.625. The molecule has 0 radical (unpaired) electrons. The summed E-state index contributed by atoms with van der Waals surface area (Å²) in [6.07, 6.45) is -0.247. The van der Waals surface area contributed by atoms with Crippen molar-refractivity contribution in [2.45, 2.75) is 39.8 Å². The molecule has 0 saturated carbocycles. The molecular weight excluding hydrogens is 280 g/mol. The average Bonchev–Trinajstić information content (AvgIpc) is 2.45. The molecule has 0 bridgehead atoms. The molecule has 0 atom stereocenters. The van der Waals surface area contributed by atoms with E-state index in [1.54, 1.807) is 4.90 Å². The Labute approximate surface area is 132 Å². The van der Waals surface area contributed by atoms with Crippen LogP contribution < -0.4 is 10.6 Å². The third kappa shape index (κ3) is 4.10. The number of piperazine rings is 1. The summed E-state index contributed by atoms with van der Waals surface area (Å²) in [7, 11) is 0. The number of hydrogen-bond acceptors (Lipinski definition) is 5. The summed E-state index contributed by atoms with van der Waals surface area (Å²) in [6.45, 7) is 10.8. The number of carbonyl (C=O) groups excluding carboxylic acids is 1.